The number of ether oxygens (including phenoxy) is 1. The van der Waals surface area contributed by atoms with Crippen LogP contribution in [0.5, 0.6) is 0 Å². The van der Waals surface area contributed by atoms with Gasteiger partial charge in [0.2, 0.25) is 5.91 Å². The van der Waals surface area contributed by atoms with Crippen LogP contribution in [0.25, 0.3) is 0 Å². The second-order valence-corrected chi connectivity index (χ2v) is 4.03. The average Bonchev–Trinajstić information content (AvgIpc) is 2.75. The van der Waals surface area contributed by atoms with E-state index < -0.39 is 18.0 Å². The minimum atomic E-state index is -0.870. The zero-order chi connectivity index (χ0) is 13.0. The topological polar surface area (TPSA) is 102 Å². The molecular weight excluding hydrogens is 226 g/mol. The fourth-order valence-corrected chi connectivity index (χ4v) is 1.89. The summed E-state index contributed by atoms with van der Waals surface area (Å²) < 4.78 is 4.65. The van der Waals surface area contributed by atoms with Gasteiger partial charge in [-0.25, -0.2) is 4.79 Å². The highest BCUT2D eigenvalue weighted by molar-refractivity contribution is 5.96. The largest absolute Gasteiger partial charge is 0.469 e. The van der Waals surface area contributed by atoms with Gasteiger partial charge in [-0.1, -0.05) is 0 Å². The molecule has 3 amide bonds. The number of nitrogens with one attached hydrogen (secondary N) is 1. The van der Waals surface area contributed by atoms with Crippen molar-refractivity contribution in [1.82, 2.24) is 10.2 Å². The molecule has 1 heterocycles. The molecule has 2 atom stereocenters. The van der Waals surface area contributed by atoms with Crippen LogP contribution in [0.2, 0.25) is 0 Å². The molecule has 0 aromatic carbocycles. The average molecular weight is 243 g/mol. The van der Waals surface area contributed by atoms with Gasteiger partial charge in [-0.3, -0.25) is 19.8 Å². The molecule has 0 radical (unpaired) electrons. The number of nitrogens with two attached hydrogens (primary N) is 1. The van der Waals surface area contributed by atoms with Gasteiger partial charge in [0.1, 0.15) is 0 Å². The maximum Gasteiger partial charge on any atom is 0.318 e. The number of imide groups is 1. The van der Waals surface area contributed by atoms with E-state index in [9.17, 15) is 14.4 Å². The fraction of sp³-hybridized carbons (Fsp3) is 0.700. The first-order valence-electron chi connectivity index (χ1n) is 5.38. The number of methoxy groups -OCH3 is 1. The molecule has 7 nitrogen and oxygen atoms in total. The number of urea groups is 1. The number of carbonyl (C=O) groups is 3. The Morgan fingerprint density at radius 1 is 1.47 bits per heavy atom. The van der Waals surface area contributed by atoms with Crippen molar-refractivity contribution < 1.29 is 19.1 Å². The SMILES string of the molecule is COC(=O)C1CCN(C(C)C(=O)NC(N)=O)C1. The molecule has 2 unspecified atom stereocenters. The predicted molar refractivity (Wildman–Crippen MR) is 58.9 cm³/mol. The van der Waals surface area contributed by atoms with Crippen molar-refractivity contribution >= 4 is 17.9 Å². The van der Waals surface area contributed by atoms with E-state index in [0.29, 0.717) is 19.5 Å². The zero-order valence-corrected chi connectivity index (χ0v) is 9.93. The Balaban J connectivity index is 2.50. The smallest absolute Gasteiger partial charge is 0.318 e. The van der Waals surface area contributed by atoms with E-state index >= 15 is 0 Å². The van der Waals surface area contributed by atoms with Crippen molar-refractivity contribution in [2.24, 2.45) is 11.7 Å². The van der Waals surface area contributed by atoms with Gasteiger partial charge < -0.3 is 10.5 Å². The number of nitrogens with zero attached hydrogens (tertiary/aromatic N) is 1. The molecule has 1 aliphatic rings. The summed E-state index contributed by atoms with van der Waals surface area (Å²) in [6.07, 6.45) is 0.654. The number of hydrogen-bond acceptors (Lipinski definition) is 5. The molecule has 0 aromatic rings. The van der Waals surface area contributed by atoms with Crippen molar-refractivity contribution in [3.8, 4) is 0 Å². The molecule has 3 N–H and O–H groups in total. The Morgan fingerprint density at radius 3 is 2.65 bits per heavy atom. The van der Waals surface area contributed by atoms with Crippen molar-refractivity contribution in [1.29, 1.82) is 0 Å². The van der Waals surface area contributed by atoms with E-state index in [1.165, 1.54) is 7.11 Å². The highest BCUT2D eigenvalue weighted by Crippen LogP contribution is 2.19. The molecule has 0 aliphatic carbocycles. The lowest BCUT2D eigenvalue weighted by Gasteiger charge is -2.22. The molecule has 0 aromatic heterocycles. The van der Waals surface area contributed by atoms with E-state index in [1.54, 1.807) is 6.92 Å². The first-order chi connectivity index (χ1) is 7.95. The van der Waals surface area contributed by atoms with E-state index in [1.807, 2.05) is 10.2 Å². The van der Waals surface area contributed by atoms with Crippen molar-refractivity contribution in [2.45, 2.75) is 19.4 Å². The Kier molecular flexibility index (Phi) is 4.45. The standard InChI is InChI=1S/C10H17N3O4/c1-6(8(14)12-10(11)16)13-4-3-7(5-13)9(15)17-2/h6-7H,3-5H2,1-2H3,(H3,11,12,14,16). The first-order valence-corrected chi connectivity index (χ1v) is 5.38. The van der Waals surface area contributed by atoms with Gasteiger partial charge in [-0.15, -0.1) is 0 Å². The van der Waals surface area contributed by atoms with Gasteiger partial charge in [0, 0.05) is 6.54 Å². The number of hydrogen-bond donors (Lipinski definition) is 2. The summed E-state index contributed by atoms with van der Waals surface area (Å²) in [6, 6.07) is -1.36. The Morgan fingerprint density at radius 2 is 2.12 bits per heavy atom. The lowest BCUT2D eigenvalue weighted by molar-refractivity contribution is -0.145. The molecule has 0 spiro atoms. The molecule has 1 fully saturated rings. The van der Waals surface area contributed by atoms with Crippen LogP contribution in [0, 0.1) is 5.92 Å². The highest BCUT2D eigenvalue weighted by atomic mass is 16.5. The van der Waals surface area contributed by atoms with E-state index in [-0.39, 0.29) is 11.9 Å². The monoisotopic (exact) mass is 243 g/mol. The Labute approximate surface area is 99.3 Å². The van der Waals surface area contributed by atoms with Gasteiger partial charge in [0.15, 0.2) is 0 Å². The van der Waals surface area contributed by atoms with Crippen LogP contribution in [0.4, 0.5) is 4.79 Å². The number of primary amides is 1. The lowest BCUT2D eigenvalue weighted by atomic mass is 10.1. The fourth-order valence-electron chi connectivity index (χ4n) is 1.89. The van der Waals surface area contributed by atoms with E-state index in [2.05, 4.69) is 4.74 Å². The van der Waals surface area contributed by atoms with Gasteiger partial charge in [0.05, 0.1) is 19.1 Å². The minimum absolute atomic E-state index is 0.205. The molecule has 96 valence electrons. The van der Waals surface area contributed by atoms with Crippen LogP contribution in [0.1, 0.15) is 13.3 Å². The van der Waals surface area contributed by atoms with Gasteiger partial charge in [0.25, 0.3) is 0 Å². The quantitative estimate of drug-likeness (QED) is 0.623. The van der Waals surface area contributed by atoms with Gasteiger partial charge in [-0.05, 0) is 19.9 Å². The van der Waals surface area contributed by atoms with Crippen molar-refractivity contribution in [2.75, 3.05) is 20.2 Å². The Hall–Kier alpha value is -1.63. The van der Waals surface area contributed by atoms with Crippen LogP contribution >= 0.6 is 0 Å². The van der Waals surface area contributed by atoms with Gasteiger partial charge >= 0.3 is 12.0 Å². The highest BCUT2D eigenvalue weighted by Gasteiger charge is 2.33. The molecular formula is C10H17N3O4. The summed E-state index contributed by atoms with van der Waals surface area (Å²) in [5.74, 6) is -0.929. The summed E-state index contributed by atoms with van der Waals surface area (Å²) in [4.78, 5) is 35.2. The molecule has 1 saturated heterocycles. The number of likely N-dealkylation sites (tertiary alicyclic amines) is 1. The normalized spacial score (nSPS) is 21.9. The lowest BCUT2D eigenvalue weighted by Crippen LogP contribution is -2.47. The molecule has 0 saturated carbocycles. The van der Waals surface area contributed by atoms with Gasteiger partial charge in [-0.2, -0.15) is 0 Å². The molecule has 17 heavy (non-hydrogen) atoms. The van der Waals surface area contributed by atoms with Crippen LogP contribution < -0.4 is 11.1 Å². The summed E-state index contributed by atoms with van der Waals surface area (Å²) in [7, 11) is 1.34. The maximum atomic E-state index is 11.5. The number of rotatable bonds is 3. The third-order valence-electron chi connectivity index (χ3n) is 2.93. The number of esters is 1. The number of carbonyl (C=O) groups excluding carboxylic acids is 3. The third-order valence-corrected chi connectivity index (χ3v) is 2.93. The summed E-state index contributed by atoms with van der Waals surface area (Å²) in [5, 5.41) is 2.02. The van der Waals surface area contributed by atoms with Crippen LogP contribution in [0.15, 0.2) is 0 Å². The molecule has 1 aliphatic heterocycles. The maximum absolute atomic E-state index is 11.5. The minimum Gasteiger partial charge on any atom is -0.469 e. The summed E-state index contributed by atoms with van der Waals surface area (Å²) >= 11 is 0. The second-order valence-electron chi connectivity index (χ2n) is 4.03. The molecule has 1 rings (SSSR count). The zero-order valence-electron chi connectivity index (χ0n) is 9.93. The van der Waals surface area contributed by atoms with Crippen molar-refractivity contribution in [3.05, 3.63) is 0 Å². The van der Waals surface area contributed by atoms with E-state index in [0.717, 1.165) is 0 Å². The molecule has 0 bridgehead atoms. The predicted octanol–water partition coefficient (Wildman–Crippen LogP) is -0.935. The molecule has 7 heteroatoms. The second kappa shape index (κ2) is 5.62. The van der Waals surface area contributed by atoms with Crippen LogP contribution in [-0.2, 0) is 14.3 Å². The van der Waals surface area contributed by atoms with E-state index in [4.69, 9.17) is 5.73 Å². The summed E-state index contributed by atoms with van der Waals surface area (Å²) in [6.45, 7) is 2.74. The Bertz CT molecular complexity index is 332. The first kappa shape index (κ1) is 13.4. The van der Waals surface area contributed by atoms with Crippen LogP contribution in [-0.4, -0.2) is 49.0 Å². The number of amides is 3. The van der Waals surface area contributed by atoms with Crippen molar-refractivity contribution in [3.63, 3.8) is 0 Å². The van der Waals surface area contributed by atoms with Crippen LogP contribution in [0.3, 0.4) is 0 Å². The third kappa shape index (κ3) is 3.42. The summed E-state index contributed by atoms with van der Waals surface area (Å²) in [5.41, 5.74) is 4.86.